The number of aliphatic imine (C=N–C) groups is 1. The van der Waals surface area contributed by atoms with Crippen LogP contribution in [0.15, 0.2) is 58.4 Å². The Balaban J connectivity index is 1.84. The zero-order chi connectivity index (χ0) is 21.8. The lowest BCUT2D eigenvalue weighted by molar-refractivity contribution is -0.127. The molecule has 0 fully saturated rings. The number of methoxy groups -OCH3 is 1. The summed E-state index contributed by atoms with van der Waals surface area (Å²) in [4.78, 5) is 19.0. The van der Waals surface area contributed by atoms with E-state index in [1.807, 2.05) is 24.3 Å². The molecule has 1 amide bonds. The second-order valence-corrected chi connectivity index (χ2v) is 7.91. The summed E-state index contributed by atoms with van der Waals surface area (Å²) >= 11 is 1.68. The maximum atomic E-state index is 13.0. The van der Waals surface area contributed by atoms with Gasteiger partial charge in [-0.25, -0.2) is 9.38 Å². The average Bonchev–Trinajstić information content (AvgIpc) is 2.76. The van der Waals surface area contributed by atoms with E-state index in [2.05, 4.69) is 15.6 Å². The molecule has 0 aromatic heterocycles. The molecule has 0 aliphatic carbocycles. The highest BCUT2D eigenvalue weighted by Crippen LogP contribution is 2.18. The van der Waals surface area contributed by atoms with Crippen LogP contribution in [0, 0.1) is 5.82 Å². The van der Waals surface area contributed by atoms with Crippen molar-refractivity contribution in [2.75, 3.05) is 40.0 Å². The molecule has 0 saturated heterocycles. The molecule has 8 heteroatoms. The van der Waals surface area contributed by atoms with E-state index in [-0.39, 0.29) is 18.3 Å². The van der Waals surface area contributed by atoms with E-state index in [9.17, 15) is 9.18 Å². The van der Waals surface area contributed by atoms with Crippen molar-refractivity contribution in [1.29, 1.82) is 0 Å². The lowest BCUT2D eigenvalue weighted by atomic mass is 10.2. The third kappa shape index (κ3) is 8.73. The Labute approximate surface area is 181 Å². The van der Waals surface area contributed by atoms with Gasteiger partial charge in [-0.3, -0.25) is 4.79 Å². The van der Waals surface area contributed by atoms with Gasteiger partial charge in [0.1, 0.15) is 11.6 Å². The number of thioether (sulfide) groups is 1. The number of ether oxygens (including phenoxy) is 1. The number of benzene rings is 2. The third-order valence-electron chi connectivity index (χ3n) is 4.18. The minimum atomic E-state index is -0.225. The van der Waals surface area contributed by atoms with Crippen molar-refractivity contribution in [3.63, 3.8) is 0 Å². The largest absolute Gasteiger partial charge is 0.497 e. The van der Waals surface area contributed by atoms with E-state index >= 15 is 0 Å². The van der Waals surface area contributed by atoms with Crippen molar-refractivity contribution in [3.8, 4) is 5.75 Å². The lowest BCUT2D eigenvalue weighted by Gasteiger charge is -2.15. The topological polar surface area (TPSA) is 66.0 Å². The molecule has 0 radical (unpaired) electrons. The molecule has 0 saturated carbocycles. The lowest BCUT2D eigenvalue weighted by Crippen LogP contribution is -2.43. The van der Waals surface area contributed by atoms with Crippen molar-refractivity contribution in [3.05, 3.63) is 59.9 Å². The van der Waals surface area contributed by atoms with Crippen molar-refractivity contribution >= 4 is 23.6 Å². The van der Waals surface area contributed by atoms with E-state index in [0.717, 1.165) is 28.4 Å². The summed E-state index contributed by atoms with van der Waals surface area (Å²) in [7, 11) is 5.08. The van der Waals surface area contributed by atoms with Gasteiger partial charge in [-0.15, -0.1) is 11.8 Å². The summed E-state index contributed by atoms with van der Waals surface area (Å²) in [6.07, 6.45) is 0.896. The number of halogens is 1. The highest BCUT2D eigenvalue weighted by molar-refractivity contribution is 7.99. The smallest absolute Gasteiger partial charge is 0.241 e. The van der Waals surface area contributed by atoms with Crippen molar-refractivity contribution in [1.82, 2.24) is 15.5 Å². The number of carbonyl (C=O) groups excluding carboxylic acids is 1. The highest BCUT2D eigenvalue weighted by atomic mass is 32.2. The minimum absolute atomic E-state index is 0.0270. The van der Waals surface area contributed by atoms with Gasteiger partial charge in [0.05, 0.1) is 20.2 Å². The number of hydrogen-bond acceptors (Lipinski definition) is 4. The van der Waals surface area contributed by atoms with Crippen LogP contribution < -0.4 is 15.4 Å². The first-order valence-electron chi connectivity index (χ1n) is 9.71. The maximum absolute atomic E-state index is 13.0. The molecule has 30 heavy (non-hydrogen) atoms. The number of rotatable bonds is 10. The van der Waals surface area contributed by atoms with Crippen LogP contribution in [0.25, 0.3) is 0 Å². The Kier molecular flexibility index (Phi) is 10.00. The van der Waals surface area contributed by atoms with Gasteiger partial charge < -0.3 is 20.3 Å². The van der Waals surface area contributed by atoms with Crippen LogP contribution in [-0.4, -0.2) is 56.8 Å². The zero-order valence-corrected chi connectivity index (χ0v) is 18.5. The fourth-order valence-corrected chi connectivity index (χ4v) is 3.25. The second-order valence-electron chi connectivity index (χ2n) is 6.74. The quantitative estimate of drug-likeness (QED) is 0.261. The molecular weight excluding hydrogens is 403 g/mol. The molecule has 0 aliphatic rings. The second kappa shape index (κ2) is 12.7. The Bertz CT molecular complexity index is 811. The highest BCUT2D eigenvalue weighted by Gasteiger charge is 2.06. The first kappa shape index (κ1) is 23.5. The molecular formula is C22H29FN4O2S. The van der Waals surface area contributed by atoms with Gasteiger partial charge in [0.2, 0.25) is 5.91 Å². The number of amides is 1. The van der Waals surface area contributed by atoms with Crippen LogP contribution in [0.5, 0.6) is 5.75 Å². The van der Waals surface area contributed by atoms with Gasteiger partial charge in [-0.05, 0) is 54.1 Å². The molecule has 0 aliphatic heterocycles. The Morgan fingerprint density at radius 2 is 1.80 bits per heavy atom. The fourth-order valence-electron chi connectivity index (χ4n) is 2.39. The summed E-state index contributed by atoms with van der Waals surface area (Å²) in [6, 6.07) is 14.2. The van der Waals surface area contributed by atoms with Crippen LogP contribution in [0.2, 0.25) is 0 Å². The van der Waals surface area contributed by atoms with Crippen molar-refractivity contribution in [2.24, 2.45) is 4.99 Å². The Morgan fingerprint density at radius 3 is 2.43 bits per heavy atom. The van der Waals surface area contributed by atoms with Crippen LogP contribution in [-0.2, 0) is 11.3 Å². The summed E-state index contributed by atoms with van der Waals surface area (Å²) in [5.74, 6) is 2.03. The molecule has 162 valence electrons. The van der Waals surface area contributed by atoms with Gasteiger partial charge in [0.15, 0.2) is 5.96 Å². The maximum Gasteiger partial charge on any atom is 0.241 e. The summed E-state index contributed by atoms with van der Waals surface area (Å²) < 4.78 is 18.1. The summed E-state index contributed by atoms with van der Waals surface area (Å²) in [6.45, 7) is 1.37. The fraction of sp³-hybridized carbons (Fsp3) is 0.364. The zero-order valence-electron chi connectivity index (χ0n) is 17.7. The Morgan fingerprint density at radius 1 is 1.10 bits per heavy atom. The number of hydrogen-bond donors (Lipinski definition) is 2. The van der Waals surface area contributed by atoms with Crippen LogP contribution >= 0.6 is 11.8 Å². The number of carbonyl (C=O) groups is 1. The van der Waals surface area contributed by atoms with Gasteiger partial charge >= 0.3 is 0 Å². The van der Waals surface area contributed by atoms with E-state index in [1.54, 1.807) is 45.1 Å². The summed E-state index contributed by atoms with van der Waals surface area (Å²) in [5, 5.41) is 6.36. The van der Waals surface area contributed by atoms with Gasteiger partial charge in [-0.2, -0.15) is 0 Å². The number of guanidine groups is 1. The van der Waals surface area contributed by atoms with Crippen molar-refractivity contribution in [2.45, 2.75) is 17.9 Å². The molecule has 0 spiro atoms. The average molecular weight is 433 g/mol. The molecule has 2 aromatic carbocycles. The first-order chi connectivity index (χ1) is 14.5. The first-order valence-corrected chi connectivity index (χ1v) is 10.7. The monoisotopic (exact) mass is 432 g/mol. The molecule has 0 atom stereocenters. The predicted molar refractivity (Wildman–Crippen MR) is 121 cm³/mol. The van der Waals surface area contributed by atoms with E-state index in [1.165, 1.54) is 17.0 Å². The van der Waals surface area contributed by atoms with E-state index < -0.39 is 0 Å². The normalized spacial score (nSPS) is 11.1. The molecule has 2 rings (SSSR count). The standard InChI is InChI=1S/C22H29FN4O2S/c1-27(2)21(28)16-26-22(25-15-17-5-9-19(29-3)10-6-17)24-13-4-14-30-20-11-7-18(23)8-12-20/h5-12H,4,13-16H2,1-3H3,(H2,24,25,26). The van der Waals surface area contributed by atoms with Gasteiger partial charge in [-0.1, -0.05) is 12.1 Å². The summed E-state index contributed by atoms with van der Waals surface area (Å²) in [5.41, 5.74) is 1.04. The minimum Gasteiger partial charge on any atom is -0.497 e. The van der Waals surface area contributed by atoms with Gasteiger partial charge in [0.25, 0.3) is 0 Å². The SMILES string of the molecule is COc1ccc(CN=C(NCCCSc2ccc(F)cc2)NCC(=O)N(C)C)cc1. The number of nitrogens with zero attached hydrogens (tertiary/aromatic N) is 2. The Hall–Kier alpha value is -2.74. The van der Waals surface area contributed by atoms with Crippen molar-refractivity contribution < 1.29 is 13.9 Å². The van der Waals surface area contributed by atoms with Crippen LogP contribution in [0.4, 0.5) is 4.39 Å². The third-order valence-corrected chi connectivity index (χ3v) is 5.28. The van der Waals surface area contributed by atoms with Crippen LogP contribution in [0.3, 0.4) is 0 Å². The molecule has 0 bridgehead atoms. The predicted octanol–water partition coefficient (Wildman–Crippen LogP) is 3.14. The molecule has 0 heterocycles. The number of likely N-dealkylation sites (N-methyl/N-ethyl adjacent to an activating group) is 1. The molecule has 2 aromatic rings. The molecule has 0 unspecified atom stereocenters. The van der Waals surface area contributed by atoms with E-state index in [0.29, 0.717) is 19.0 Å². The van der Waals surface area contributed by atoms with E-state index in [4.69, 9.17) is 4.74 Å². The van der Waals surface area contributed by atoms with Gasteiger partial charge in [0, 0.05) is 25.5 Å². The van der Waals surface area contributed by atoms with Crippen LogP contribution in [0.1, 0.15) is 12.0 Å². The molecule has 6 nitrogen and oxygen atoms in total. The number of nitrogens with one attached hydrogen (secondary N) is 2. The molecule has 2 N–H and O–H groups in total.